The minimum Gasteiger partial charge on any atom is -0.321 e. The number of hydrogen-bond acceptors (Lipinski definition) is 3. The molecular weight excluding hydrogens is 350 g/mol. The van der Waals surface area contributed by atoms with E-state index in [9.17, 15) is 9.59 Å². The maximum absolute atomic E-state index is 12.7. The number of aromatic amines is 1. The summed E-state index contributed by atoms with van der Waals surface area (Å²) in [4.78, 5) is 28.1. The number of benzene rings is 2. The van der Waals surface area contributed by atoms with Crippen LogP contribution in [0.3, 0.4) is 0 Å². The van der Waals surface area contributed by atoms with Crippen LogP contribution in [0.1, 0.15) is 36.5 Å². The lowest BCUT2D eigenvalue weighted by atomic mass is 9.98. The molecule has 0 spiro atoms. The highest BCUT2D eigenvalue weighted by molar-refractivity contribution is 6.03. The van der Waals surface area contributed by atoms with Crippen molar-refractivity contribution in [2.45, 2.75) is 39.2 Å². The fourth-order valence-electron chi connectivity index (χ4n) is 3.78. The lowest BCUT2D eigenvalue weighted by Gasteiger charge is -2.21. The summed E-state index contributed by atoms with van der Waals surface area (Å²) in [7, 11) is 0. The summed E-state index contributed by atoms with van der Waals surface area (Å²) in [6, 6.07) is 17.7. The number of para-hydroxylation sites is 1. The number of fused-ring (bicyclic) bond motifs is 1. The lowest BCUT2D eigenvalue weighted by Crippen LogP contribution is -2.35. The predicted molar refractivity (Wildman–Crippen MR) is 112 cm³/mol. The minimum absolute atomic E-state index is 0.0241. The fraction of sp³-hybridized carbons (Fsp3) is 0.261. The van der Waals surface area contributed by atoms with Gasteiger partial charge in [0.2, 0.25) is 5.91 Å². The quantitative estimate of drug-likeness (QED) is 0.756. The maximum atomic E-state index is 12.7. The Morgan fingerprint density at radius 2 is 1.96 bits per heavy atom. The smallest absolute Gasteiger partial charge is 0.251 e. The Kier molecular flexibility index (Phi) is 4.82. The first-order valence-electron chi connectivity index (χ1n) is 9.63. The van der Waals surface area contributed by atoms with Crippen molar-refractivity contribution in [1.29, 1.82) is 0 Å². The summed E-state index contributed by atoms with van der Waals surface area (Å²) in [6.07, 6.45) is 1.50. The Labute approximate surface area is 163 Å². The van der Waals surface area contributed by atoms with Gasteiger partial charge < -0.3 is 4.98 Å². The molecule has 1 atom stereocenters. The standard InChI is InChI=1S/C23H23N3O2/c1-3-21(27)26-19(14-20(25-26)16-9-5-4-6-10-16)13-18-12-17-11-7-8-15(2)22(17)24-23(18)28/h4-12,19H,3,13-14H2,1-2H3,(H,24,28)/t19-/m1/s1. The third kappa shape index (κ3) is 3.36. The highest BCUT2D eigenvalue weighted by Crippen LogP contribution is 2.24. The molecule has 0 fully saturated rings. The Morgan fingerprint density at radius 1 is 1.18 bits per heavy atom. The molecule has 1 aliphatic heterocycles. The summed E-state index contributed by atoms with van der Waals surface area (Å²) in [5.41, 5.74) is 4.40. The van der Waals surface area contributed by atoms with Gasteiger partial charge in [-0.1, -0.05) is 55.5 Å². The maximum Gasteiger partial charge on any atom is 0.251 e. The molecule has 5 heteroatoms. The number of hydrogen-bond donors (Lipinski definition) is 1. The van der Waals surface area contributed by atoms with Gasteiger partial charge >= 0.3 is 0 Å². The van der Waals surface area contributed by atoms with E-state index < -0.39 is 0 Å². The van der Waals surface area contributed by atoms with Crippen molar-refractivity contribution < 1.29 is 4.79 Å². The molecule has 0 radical (unpaired) electrons. The number of aromatic nitrogens is 1. The van der Waals surface area contributed by atoms with Crippen molar-refractivity contribution in [3.05, 3.63) is 81.6 Å². The van der Waals surface area contributed by atoms with Gasteiger partial charge in [0.05, 0.1) is 17.3 Å². The van der Waals surface area contributed by atoms with E-state index in [2.05, 4.69) is 10.1 Å². The van der Waals surface area contributed by atoms with Gasteiger partial charge in [0.1, 0.15) is 0 Å². The van der Waals surface area contributed by atoms with E-state index in [0.717, 1.165) is 27.7 Å². The molecule has 0 saturated heterocycles. The zero-order chi connectivity index (χ0) is 19.7. The zero-order valence-electron chi connectivity index (χ0n) is 16.1. The molecular formula is C23H23N3O2. The molecule has 2 aromatic carbocycles. The van der Waals surface area contributed by atoms with Crippen LogP contribution in [0.4, 0.5) is 0 Å². The number of H-pyrrole nitrogens is 1. The van der Waals surface area contributed by atoms with E-state index in [0.29, 0.717) is 24.8 Å². The molecule has 1 N–H and O–H groups in total. The molecule has 5 nitrogen and oxygen atoms in total. The first kappa shape index (κ1) is 18.2. The highest BCUT2D eigenvalue weighted by Gasteiger charge is 2.31. The predicted octanol–water partition coefficient (Wildman–Crippen LogP) is 3.79. The highest BCUT2D eigenvalue weighted by atomic mass is 16.2. The molecule has 0 bridgehead atoms. The molecule has 2 heterocycles. The van der Waals surface area contributed by atoms with Crippen LogP contribution in [0.2, 0.25) is 0 Å². The van der Waals surface area contributed by atoms with E-state index in [1.165, 1.54) is 0 Å². The average molecular weight is 373 g/mol. The van der Waals surface area contributed by atoms with Crippen LogP contribution < -0.4 is 5.56 Å². The first-order chi connectivity index (χ1) is 13.6. The van der Waals surface area contributed by atoms with Crippen LogP contribution >= 0.6 is 0 Å². The number of aryl methyl sites for hydroxylation is 1. The number of amides is 1. The molecule has 0 aliphatic carbocycles. The van der Waals surface area contributed by atoms with Crippen LogP contribution in [-0.4, -0.2) is 27.7 Å². The topological polar surface area (TPSA) is 65.5 Å². The van der Waals surface area contributed by atoms with Crippen molar-refractivity contribution in [2.24, 2.45) is 5.10 Å². The second kappa shape index (κ2) is 7.43. The van der Waals surface area contributed by atoms with Gasteiger partial charge in [-0.25, -0.2) is 5.01 Å². The number of carbonyl (C=O) groups is 1. The number of nitrogens with one attached hydrogen (secondary N) is 1. The Balaban J connectivity index is 1.67. The second-order valence-electron chi connectivity index (χ2n) is 7.23. The zero-order valence-corrected chi connectivity index (χ0v) is 16.1. The van der Waals surface area contributed by atoms with Crippen molar-refractivity contribution in [2.75, 3.05) is 0 Å². The van der Waals surface area contributed by atoms with Crippen LogP contribution in [0.5, 0.6) is 0 Å². The first-order valence-corrected chi connectivity index (χ1v) is 9.63. The van der Waals surface area contributed by atoms with Crippen molar-refractivity contribution in [3.63, 3.8) is 0 Å². The Bertz CT molecular complexity index is 1120. The summed E-state index contributed by atoms with van der Waals surface area (Å²) in [5.74, 6) is -0.0241. The normalized spacial score (nSPS) is 16.4. The molecule has 142 valence electrons. The third-order valence-electron chi connectivity index (χ3n) is 5.29. The van der Waals surface area contributed by atoms with Crippen LogP contribution in [0.25, 0.3) is 10.9 Å². The number of pyridine rings is 1. The van der Waals surface area contributed by atoms with Crippen LogP contribution in [0.15, 0.2) is 64.5 Å². The molecule has 28 heavy (non-hydrogen) atoms. The van der Waals surface area contributed by atoms with Gasteiger partial charge in [0.15, 0.2) is 0 Å². The largest absolute Gasteiger partial charge is 0.321 e. The van der Waals surface area contributed by atoms with Crippen molar-refractivity contribution in [1.82, 2.24) is 9.99 Å². The van der Waals surface area contributed by atoms with E-state index in [1.54, 1.807) is 5.01 Å². The van der Waals surface area contributed by atoms with E-state index in [-0.39, 0.29) is 17.5 Å². The number of nitrogens with zero attached hydrogens (tertiary/aromatic N) is 2. The summed E-state index contributed by atoms with van der Waals surface area (Å²) >= 11 is 0. The van der Waals surface area contributed by atoms with Crippen molar-refractivity contribution in [3.8, 4) is 0 Å². The molecule has 1 aliphatic rings. The van der Waals surface area contributed by atoms with Gasteiger partial charge in [-0.2, -0.15) is 5.10 Å². The monoisotopic (exact) mass is 373 g/mol. The van der Waals surface area contributed by atoms with Crippen LogP contribution in [-0.2, 0) is 11.2 Å². The minimum atomic E-state index is -0.147. The van der Waals surface area contributed by atoms with E-state index in [4.69, 9.17) is 0 Å². The van der Waals surface area contributed by atoms with Crippen molar-refractivity contribution >= 4 is 22.5 Å². The number of carbonyl (C=O) groups excluding carboxylic acids is 1. The fourth-order valence-corrected chi connectivity index (χ4v) is 3.78. The molecule has 4 rings (SSSR count). The van der Waals surface area contributed by atoms with E-state index in [1.807, 2.05) is 68.4 Å². The third-order valence-corrected chi connectivity index (χ3v) is 5.29. The van der Waals surface area contributed by atoms with Gasteiger partial charge in [0.25, 0.3) is 5.56 Å². The molecule has 0 unspecified atom stereocenters. The van der Waals surface area contributed by atoms with Gasteiger partial charge in [-0.05, 0) is 29.5 Å². The Hall–Kier alpha value is -3.21. The van der Waals surface area contributed by atoms with E-state index >= 15 is 0 Å². The molecule has 1 aromatic heterocycles. The van der Waals surface area contributed by atoms with Gasteiger partial charge in [-0.3, -0.25) is 9.59 Å². The summed E-state index contributed by atoms with van der Waals surface area (Å²) in [6.45, 7) is 3.82. The molecule has 1 amide bonds. The Morgan fingerprint density at radius 3 is 2.71 bits per heavy atom. The molecule has 3 aromatic rings. The number of rotatable bonds is 4. The lowest BCUT2D eigenvalue weighted by molar-refractivity contribution is -0.132. The van der Waals surface area contributed by atoms with Gasteiger partial charge in [-0.15, -0.1) is 0 Å². The summed E-state index contributed by atoms with van der Waals surface area (Å²) < 4.78 is 0. The second-order valence-corrected chi connectivity index (χ2v) is 7.23. The summed E-state index contributed by atoms with van der Waals surface area (Å²) in [5, 5.41) is 7.18. The van der Waals surface area contributed by atoms with Crippen LogP contribution in [0, 0.1) is 6.92 Å². The van der Waals surface area contributed by atoms with Gasteiger partial charge in [0, 0.05) is 24.8 Å². The molecule has 0 saturated carbocycles. The SMILES string of the molecule is CCC(=O)N1N=C(c2ccccc2)C[C@H]1Cc1cc2cccc(C)c2[nH]c1=O. The number of hydrazone groups is 1. The average Bonchev–Trinajstić information content (AvgIpc) is 3.13.